The molecule has 0 radical (unpaired) electrons. The van der Waals surface area contributed by atoms with Gasteiger partial charge >= 0.3 is 52.2 Å². The van der Waals surface area contributed by atoms with Gasteiger partial charge in [0, 0.05) is 0 Å². The molecule has 0 aliphatic carbocycles. The van der Waals surface area contributed by atoms with Crippen molar-refractivity contribution in [2.45, 2.75) is 17.3 Å². The summed E-state index contributed by atoms with van der Waals surface area (Å²) in [7, 11) is 0. The summed E-state index contributed by atoms with van der Waals surface area (Å²) in [4.78, 5) is 0. The Kier molecular flexibility index (Phi) is 1.73. The van der Waals surface area contributed by atoms with E-state index in [1.54, 1.807) is 0 Å². The van der Waals surface area contributed by atoms with Gasteiger partial charge in [-0.05, 0) is 0 Å². The summed E-state index contributed by atoms with van der Waals surface area (Å²) in [5.74, 6) is 0. The molecule has 1 atom stereocenters. The Morgan fingerprint density at radius 3 is 2.57 bits per heavy atom. The molecule has 1 saturated heterocycles. The van der Waals surface area contributed by atoms with Crippen LogP contribution in [-0.4, -0.2) is 8.35 Å². The van der Waals surface area contributed by atoms with Crippen LogP contribution in [-0.2, 0) is 0 Å². The first-order chi connectivity index (χ1) is 3.34. The first kappa shape index (κ1) is 5.60. The molecule has 0 bridgehead atoms. The molecular weight excluding hydrogens is 199 g/mol. The van der Waals surface area contributed by atoms with Crippen molar-refractivity contribution in [3.63, 3.8) is 0 Å². The summed E-state index contributed by atoms with van der Waals surface area (Å²) in [6.45, 7) is 6.16. The van der Waals surface area contributed by atoms with Crippen LogP contribution in [0.1, 0.15) is 13.3 Å². The second-order valence-corrected chi connectivity index (χ2v) is 8.41. The molecule has 1 heterocycles. The van der Waals surface area contributed by atoms with Crippen LogP contribution in [0.25, 0.3) is 0 Å². The zero-order valence-electron chi connectivity index (χ0n) is 4.65. The van der Waals surface area contributed by atoms with E-state index in [2.05, 4.69) is 17.6 Å². The van der Waals surface area contributed by atoms with Gasteiger partial charge in [-0.1, -0.05) is 0 Å². The molecule has 1 rings (SSSR count). The maximum absolute atomic E-state index is 3.80. The van der Waals surface area contributed by atoms with Gasteiger partial charge in [-0.3, -0.25) is 0 Å². The van der Waals surface area contributed by atoms with Gasteiger partial charge in [0.1, 0.15) is 0 Å². The third-order valence-corrected chi connectivity index (χ3v) is 7.76. The number of hydrogen-bond acceptors (Lipinski definition) is 0. The Hall–Kier alpha value is 0.470. The van der Waals surface area contributed by atoms with Crippen LogP contribution in [0.5, 0.6) is 0 Å². The summed E-state index contributed by atoms with van der Waals surface area (Å²) in [6.07, 6.45) is 1.48. The first-order valence-electron chi connectivity index (χ1n) is 2.60. The minimum absolute atomic E-state index is 0.458. The molecule has 42 valence electrons. The van der Waals surface area contributed by atoms with E-state index in [1.807, 2.05) is 0 Å². The van der Waals surface area contributed by atoms with Crippen molar-refractivity contribution in [1.29, 1.82) is 0 Å². The van der Waals surface area contributed by atoms with Gasteiger partial charge < -0.3 is 0 Å². The third kappa shape index (κ3) is 0.983. The van der Waals surface area contributed by atoms with Crippen LogP contribution in [0.4, 0.5) is 0 Å². The third-order valence-electron chi connectivity index (χ3n) is 1.40. The summed E-state index contributed by atoms with van der Waals surface area (Å²) in [6, 6.07) is 0. The molecule has 1 fully saturated rings. The number of alkyl halides is 2. The van der Waals surface area contributed by atoms with Crippen molar-refractivity contribution in [2.75, 3.05) is 4.43 Å². The van der Waals surface area contributed by atoms with Crippen LogP contribution >= 0.6 is 19.8 Å². The molecule has 1 heteroatoms. The molecule has 1 aliphatic heterocycles. The van der Waals surface area contributed by atoms with Gasteiger partial charge in [0.15, 0.2) is 0 Å². The van der Waals surface area contributed by atoms with E-state index in [0.29, 0.717) is 0 Å². The van der Waals surface area contributed by atoms with E-state index in [1.165, 1.54) is 10.8 Å². The Bertz CT molecular complexity index is 78.2. The van der Waals surface area contributed by atoms with E-state index in [4.69, 9.17) is 0 Å². The van der Waals surface area contributed by atoms with Gasteiger partial charge in [-0.2, -0.15) is 0 Å². The summed E-state index contributed by atoms with van der Waals surface area (Å²) >= 11 is -0.458. The summed E-state index contributed by atoms with van der Waals surface area (Å²) in [5, 5.41) is 0. The SMILES string of the molecule is C=CI1CCC1C. The zero-order chi connectivity index (χ0) is 5.28. The number of halogens is 1. The number of hydrogen-bond donors (Lipinski definition) is 0. The zero-order valence-corrected chi connectivity index (χ0v) is 6.81. The monoisotopic (exact) mass is 210 g/mol. The van der Waals surface area contributed by atoms with E-state index >= 15 is 0 Å². The minimum atomic E-state index is -0.458. The number of rotatable bonds is 1. The molecule has 1 unspecified atom stereocenters. The Morgan fingerprint density at radius 2 is 2.57 bits per heavy atom. The molecule has 0 amide bonds. The fourth-order valence-corrected chi connectivity index (χ4v) is 4.58. The maximum atomic E-state index is 3.80. The average Bonchev–Trinajstić information content (AvgIpc) is 1.65. The van der Waals surface area contributed by atoms with Crippen molar-refractivity contribution in [3.8, 4) is 0 Å². The Morgan fingerprint density at radius 1 is 1.86 bits per heavy atom. The van der Waals surface area contributed by atoms with Crippen molar-refractivity contribution in [3.05, 3.63) is 10.7 Å². The van der Waals surface area contributed by atoms with Gasteiger partial charge in [-0.15, -0.1) is 0 Å². The van der Waals surface area contributed by atoms with Gasteiger partial charge in [0.05, 0.1) is 0 Å². The van der Waals surface area contributed by atoms with E-state index in [0.717, 1.165) is 3.92 Å². The second kappa shape index (κ2) is 2.16. The summed E-state index contributed by atoms with van der Waals surface area (Å²) in [5.41, 5.74) is 0. The van der Waals surface area contributed by atoms with E-state index in [9.17, 15) is 0 Å². The molecule has 0 saturated carbocycles. The van der Waals surface area contributed by atoms with Crippen LogP contribution in [0.3, 0.4) is 0 Å². The van der Waals surface area contributed by atoms with Crippen molar-refractivity contribution in [1.82, 2.24) is 0 Å². The average molecular weight is 210 g/mol. The fourth-order valence-electron chi connectivity index (χ4n) is 0.683. The predicted molar refractivity (Wildman–Crippen MR) is 43.2 cm³/mol. The van der Waals surface area contributed by atoms with E-state index < -0.39 is 19.8 Å². The van der Waals surface area contributed by atoms with Crippen LogP contribution < -0.4 is 0 Å². The van der Waals surface area contributed by atoms with Crippen molar-refractivity contribution >= 4 is 19.8 Å². The van der Waals surface area contributed by atoms with E-state index in [-0.39, 0.29) is 0 Å². The molecular formula is C6H11I. The van der Waals surface area contributed by atoms with Crippen LogP contribution in [0.15, 0.2) is 10.7 Å². The predicted octanol–water partition coefficient (Wildman–Crippen LogP) is 2.43. The normalized spacial score (nSPS) is 34.4. The molecule has 7 heavy (non-hydrogen) atoms. The molecule has 1 aliphatic rings. The van der Waals surface area contributed by atoms with Gasteiger partial charge in [-0.25, -0.2) is 0 Å². The topological polar surface area (TPSA) is 0 Å². The Labute approximate surface area is 52.4 Å². The van der Waals surface area contributed by atoms with Crippen LogP contribution in [0.2, 0.25) is 0 Å². The first-order valence-corrected chi connectivity index (χ1v) is 6.61. The van der Waals surface area contributed by atoms with Crippen LogP contribution in [0, 0.1) is 0 Å². The molecule has 0 spiro atoms. The second-order valence-electron chi connectivity index (χ2n) is 1.85. The quantitative estimate of drug-likeness (QED) is 0.460. The molecule has 0 aromatic heterocycles. The molecule has 0 aromatic carbocycles. The molecule has 0 aromatic rings. The van der Waals surface area contributed by atoms with Crippen molar-refractivity contribution < 1.29 is 0 Å². The summed E-state index contributed by atoms with van der Waals surface area (Å²) < 4.78 is 4.86. The Balaban J connectivity index is 2.28. The molecule has 0 N–H and O–H groups in total. The molecule has 0 nitrogen and oxygen atoms in total. The fraction of sp³-hybridized carbons (Fsp3) is 0.667. The van der Waals surface area contributed by atoms with Gasteiger partial charge in [0.2, 0.25) is 0 Å². The van der Waals surface area contributed by atoms with Crippen molar-refractivity contribution in [2.24, 2.45) is 0 Å². The standard InChI is InChI=1S/C6H11I/c1-3-7-5-4-6(7)2/h3,6H,1,4-5H2,2H3. The van der Waals surface area contributed by atoms with Gasteiger partial charge in [0.25, 0.3) is 0 Å².